The van der Waals surface area contributed by atoms with Crippen molar-refractivity contribution >= 4 is 38.4 Å². The Labute approximate surface area is 87.5 Å². The van der Waals surface area contributed by atoms with Gasteiger partial charge in [-0.1, -0.05) is 17.7 Å². The van der Waals surface area contributed by atoms with Gasteiger partial charge in [-0.2, -0.15) is 0 Å². The van der Waals surface area contributed by atoms with E-state index < -0.39 is 0 Å². The molecule has 2 aromatic rings. The summed E-state index contributed by atoms with van der Waals surface area (Å²) in [6.07, 6.45) is 0. The molecule has 1 aromatic carbocycles. The molecule has 0 amide bonds. The Kier molecular flexibility index (Phi) is 2.09. The SMILES string of the molecule is Oc1cccc2c(Cl)nc(Br)nc12. The van der Waals surface area contributed by atoms with E-state index in [-0.39, 0.29) is 5.75 Å². The number of hydrogen-bond donors (Lipinski definition) is 1. The maximum Gasteiger partial charge on any atom is 0.198 e. The molecule has 0 bridgehead atoms. The molecular weight excluding hydrogens is 255 g/mol. The van der Waals surface area contributed by atoms with Gasteiger partial charge in [0.25, 0.3) is 0 Å². The van der Waals surface area contributed by atoms with Crippen LogP contribution in [0.3, 0.4) is 0 Å². The number of benzene rings is 1. The lowest BCUT2D eigenvalue weighted by Gasteiger charge is -2.01. The Balaban J connectivity index is 2.94. The van der Waals surface area contributed by atoms with Crippen molar-refractivity contribution in [3.63, 3.8) is 0 Å². The van der Waals surface area contributed by atoms with Gasteiger partial charge in [-0.15, -0.1) is 0 Å². The molecule has 0 radical (unpaired) electrons. The van der Waals surface area contributed by atoms with E-state index in [1.165, 1.54) is 0 Å². The minimum atomic E-state index is 0.0995. The van der Waals surface area contributed by atoms with Crippen LogP contribution < -0.4 is 0 Å². The van der Waals surface area contributed by atoms with E-state index in [1.54, 1.807) is 18.2 Å². The second-order valence-electron chi connectivity index (χ2n) is 2.46. The summed E-state index contributed by atoms with van der Waals surface area (Å²) < 4.78 is 0.367. The van der Waals surface area contributed by atoms with Crippen LogP contribution in [0.4, 0.5) is 0 Å². The molecule has 0 aliphatic heterocycles. The minimum absolute atomic E-state index is 0.0995. The van der Waals surface area contributed by atoms with Gasteiger partial charge < -0.3 is 5.11 Å². The molecular formula is C8H4BrClN2O. The van der Waals surface area contributed by atoms with Crippen molar-refractivity contribution in [3.05, 3.63) is 28.1 Å². The van der Waals surface area contributed by atoms with E-state index >= 15 is 0 Å². The van der Waals surface area contributed by atoms with E-state index in [1.807, 2.05) is 0 Å². The average molecular weight is 259 g/mol. The maximum absolute atomic E-state index is 9.45. The molecule has 3 nitrogen and oxygen atoms in total. The first-order valence-corrected chi connectivity index (χ1v) is 4.66. The molecule has 1 N–H and O–H groups in total. The predicted molar refractivity (Wildman–Crippen MR) is 53.9 cm³/mol. The molecule has 0 fully saturated rings. The normalized spacial score (nSPS) is 10.6. The van der Waals surface area contributed by atoms with Crippen molar-refractivity contribution in [2.45, 2.75) is 0 Å². The van der Waals surface area contributed by atoms with Crippen LogP contribution in [0.5, 0.6) is 5.75 Å². The zero-order valence-electron chi connectivity index (χ0n) is 6.33. The van der Waals surface area contributed by atoms with Gasteiger partial charge in [-0.25, -0.2) is 9.97 Å². The van der Waals surface area contributed by atoms with Gasteiger partial charge >= 0.3 is 0 Å². The number of para-hydroxylation sites is 1. The zero-order valence-corrected chi connectivity index (χ0v) is 8.67. The molecule has 2 rings (SSSR count). The molecule has 1 aromatic heterocycles. The van der Waals surface area contributed by atoms with Gasteiger partial charge in [0.15, 0.2) is 4.73 Å². The Morgan fingerprint density at radius 3 is 2.85 bits per heavy atom. The fourth-order valence-electron chi connectivity index (χ4n) is 1.07. The summed E-state index contributed by atoms with van der Waals surface area (Å²) in [6.45, 7) is 0. The van der Waals surface area contributed by atoms with Gasteiger partial charge in [0.1, 0.15) is 16.4 Å². The van der Waals surface area contributed by atoms with E-state index in [4.69, 9.17) is 11.6 Å². The Bertz CT molecular complexity index is 475. The van der Waals surface area contributed by atoms with Crippen LogP contribution in [-0.4, -0.2) is 15.1 Å². The number of rotatable bonds is 0. The number of nitrogens with zero attached hydrogens (tertiary/aromatic N) is 2. The van der Waals surface area contributed by atoms with E-state index in [2.05, 4.69) is 25.9 Å². The second-order valence-corrected chi connectivity index (χ2v) is 3.52. The van der Waals surface area contributed by atoms with Crippen LogP contribution in [0, 0.1) is 0 Å². The molecule has 0 saturated heterocycles. The molecule has 13 heavy (non-hydrogen) atoms. The third kappa shape index (κ3) is 1.47. The first-order valence-electron chi connectivity index (χ1n) is 3.49. The zero-order chi connectivity index (χ0) is 9.42. The largest absolute Gasteiger partial charge is 0.506 e. The number of phenols is 1. The van der Waals surface area contributed by atoms with Crippen molar-refractivity contribution in [3.8, 4) is 5.75 Å². The molecule has 66 valence electrons. The van der Waals surface area contributed by atoms with Gasteiger partial charge in [-0.05, 0) is 28.1 Å². The van der Waals surface area contributed by atoms with E-state index in [0.717, 1.165) is 0 Å². The van der Waals surface area contributed by atoms with Gasteiger partial charge in [0.05, 0.1) is 0 Å². The van der Waals surface area contributed by atoms with Crippen LogP contribution in [0.1, 0.15) is 0 Å². The second kappa shape index (κ2) is 3.12. The van der Waals surface area contributed by atoms with Crippen LogP contribution in [0.25, 0.3) is 10.9 Å². The molecule has 0 aliphatic carbocycles. The Morgan fingerprint density at radius 2 is 2.08 bits per heavy atom. The number of hydrogen-bond acceptors (Lipinski definition) is 3. The summed E-state index contributed by atoms with van der Waals surface area (Å²) in [5.74, 6) is 0.0995. The maximum atomic E-state index is 9.45. The highest BCUT2D eigenvalue weighted by Gasteiger charge is 2.06. The van der Waals surface area contributed by atoms with Crippen LogP contribution >= 0.6 is 27.5 Å². The fraction of sp³-hybridized carbons (Fsp3) is 0. The lowest BCUT2D eigenvalue weighted by molar-refractivity contribution is 0.480. The molecule has 0 spiro atoms. The number of halogens is 2. The monoisotopic (exact) mass is 258 g/mol. The fourth-order valence-corrected chi connectivity index (χ4v) is 1.76. The first-order chi connectivity index (χ1) is 6.18. The number of phenolic OH excluding ortho intramolecular Hbond substituents is 1. The first kappa shape index (κ1) is 8.72. The van der Waals surface area contributed by atoms with E-state index in [0.29, 0.717) is 20.8 Å². The standard InChI is InChI=1S/C8H4BrClN2O/c9-8-11-6-4(7(10)12-8)2-1-3-5(6)13/h1-3,13H. The number of aromatic nitrogens is 2. The summed E-state index contributed by atoms with van der Waals surface area (Å²) in [5.41, 5.74) is 0.453. The van der Waals surface area contributed by atoms with Gasteiger partial charge in [-0.3, -0.25) is 0 Å². The van der Waals surface area contributed by atoms with Crippen molar-refractivity contribution in [2.75, 3.05) is 0 Å². The molecule has 0 aliphatic rings. The van der Waals surface area contributed by atoms with Crippen molar-refractivity contribution < 1.29 is 5.11 Å². The van der Waals surface area contributed by atoms with E-state index in [9.17, 15) is 5.11 Å². The highest BCUT2D eigenvalue weighted by atomic mass is 79.9. The third-order valence-corrected chi connectivity index (χ3v) is 2.27. The summed E-state index contributed by atoms with van der Waals surface area (Å²) in [7, 11) is 0. The van der Waals surface area contributed by atoms with Crippen LogP contribution in [0.15, 0.2) is 22.9 Å². The molecule has 1 heterocycles. The molecule has 0 atom stereocenters. The van der Waals surface area contributed by atoms with Crippen LogP contribution in [0.2, 0.25) is 5.15 Å². The predicted octanol–water partition coefficient (Wildman–Crippen LogP) is 2.75. The third-order valence-electron chi connectivity index (χ3n) is 1.63. The van der Waals surface area contributed by atoms with Crippen molar-refractivity contribution in [1.82, 2.24) is 9.97 Å². The molecule has 5 heteroatoms. The smallest absolute Gasteiger partial charge is 0.198 e. The quantitative estimate of drug-likeness (QED) is 0.584. The Hall–Kier alpha value is -0.870. The summed E-state index contributed by atoms with van der Waals surface area (Å²) in [6, 6.07) is 5.00. The minimum Gasteiger partial charge on any atom is -0.506 e. The summed E-state index contributed by atoms with van der Waals surface area (Å²) >= 11 is 8.94. The highest BCUT2D eigenvalue weighted by Crippen LogP contribution is 2.27. The van der Waals surface area contributed by atoms with Gasteiger partial charge in [0.2, 0.25) is 0 Å². The molecule has 0 saturated carbocycles. The highest BCUT2D eigenvalue weighted by molar-refractivity contribution is 9.10. The lowest BCUT2D eigenvalue weighted by atomic mass is 10.2. The lowest BCUT2D eigenvalue weighted by Crippen LogP contribution is -1.86. The number of aromatic hydroxyl groups is 1. The van der Waals surface area contributed by atoms with Crippen LogP contribution in [-0.2, 0) is 0 Å². The molecule has 0 unspecified atom stereocenters. The summed E-state index contributed by atoms with van der Waals surface area (Å²) in [4.78, 5) is 7.91. The Morgan fingerprint density at radius 1 is 1.31 bits per heavy atom. The van der Waals surface area contributed by atoms with Crippen molar-refractivity contribution in [2.24, 2.45) is 0 Å². The van der Waals surface area contributed by atoms with Crippen molar-refractivity contribution in [1.29, 1.82) is 0 Å². The topological polar surface area (TPSA) is 46.0 Å². The number of fused-ring (bicyclic) bond motifs is 1. The van der Waals surface area contributed by atoms with Gasteiger partial charge in [0, 0.05) is 5.39 Å². The summed E-state index contributed by atoms with van der Waals surface area (Å²) in [5, 5.41) is 10.4. The average Bonchev–Trinajstić information content (AvgIpc) is 2.07.